The Labute approximate surface area is 792 Å². The number of pyridine rings is 2. The van der Waals surface area contributed by atoms with Gasteiger partial charge in [-0.15, -0.1) is 22.7 Å². The standard InChI is InChI=1S/2C62H39N5S/c1-6-19-40(20-7-1)47-34-33-44(35-50(47)41-21-8-2-9-22-41)45-36-53(62-65-60(42-23-10-3-11-24-42)64-61(66-62)43-25-12-4-13-26-43)59(63-39-45)49-30-18-32-56-58(49)52-37-51-48-29-16-17-31-54(48)67(46-27-14-5-15-28-46)55(51)38-57(52)68-56;1-6-18-40(19-7-1)48-32-30-44(34-50(48)41-20-8-2-9-21-41)46-36-54(62-65-60(42-22-10-3-11-23-42)64-61(66-62)43-24-12-4-13-25-43)59(63-39-46)45-31-33-57-52(35-45)53-37-51-49-28-16-17-29-55(49)67(47-26-14-5-15-27-47)56(51)38-58(53)68-57/h2*1-39H. The smallest absolute Gasteiger partial charge is 0.166 e. The average molecular weight is 1770 g/mol. The van der Waals surface area contributed by atoms with Crippen molar-refractivity contribution in [1.29, 1.82) is 0 Å². The predicted molar refractivity (Wildman–Crippen MR) is 566 cm³/mol. The first kappa shape index (κ1) is 80.4. The Morgan fingerprint density at radius 1 is 0.162 bits per heavy atom. The van der Waals surface area contributed by atoms with E-state index in [0.29, 0.717) is 34.9 Å². The van der Waals surface area contributed by atoms with Crippen LogP contribution in [0.15, 0.2) is 473 Å². The van der Waals surface area contributed by atoms with Crippen molar-refractivity contribution in [2.24, 2.45) is 0 Å². The highest BCUT2D eigenvalue weighted by Crippen LogP contribution is 2.50. The number of fused-ring (bicyclic) bond motifs is 12. The van der Waals surface area contributed by atoms with Crippen molar-refractivity contribution in [2.75, 3.05) is 0 Å². The van der Waals surface area contributed by atoms with E-state index in [-0.39, 0.29) is 0 Å². The minimum Gasteiger partial charge on any atom is -0.309 e. The molecule has 0 fully saturated rings. The topological polar surface area (TPSA) is 113 Å². The third-order valence-corrected chi connectivity index (χ3v) is 28.1. The van der Waals surface area contributed by atoms with Crippen LogP contribution < -0.4 is 0 Å². The normalized spacial score (nSPS) is 11.5. The molecule has 0 amide bonds. The zero-order valence-corrected chi connectivity index (χ0v) is 75.0. The summed E-state index contributed by atoms with van der Waals surface area (Å²) in [5.74, 6) is 3.50. The summed E-state index contributed by atoms with van der Waals surface area (Å²) in [6, 6.07) is 163. The largest absolute Gasteiger partial charge is 0.309 e. The minimum absolute atomic E-state index is 0.552. The maximum absolute atomic E-state index is 5.48. The number of aromatic nitrogens is 10. The average Bonchev–Trinajstić information content (AvgIpc) is 1.54. The van der Waals surface area contributed by atoms with Crippen molar-refractivity contribution in [3.8, 4) is 169 Å². The lowest BCUT2D eigenvalue weighted by molar-refractivity contribution is 1.07. The highest BCUT2D eigenvalue weighted by atomic mass is 32.1. The molecule has 636 valence electrons. The van der Waals surface area contributed by atoms with Gasteiger partial charge in [0.25, 0.3) is 0 Å². The van der Waals surface area contributed by atoms with Gasteiger partial charge >= 0.3 is 0 Å². The van der Waals surface area contributed by atoms with Crippen LogP contribution in [0, 0.1) is 0 Å². The van der Waals surface area contributed by atoms with Gasteiger partial charge in [-0.1, -0.05) is 358 Å². The van der Waals surface area contributed by atoms with Crippen LogP contribution in [-0.2, 0) is 0 Å². The van der Waals surface area contributed by atoms with Gasteiger partial charge in [0.05, 0.1) is 33.5 Å². The van der Waals surface area contributed by atoms with Gasteiger partial charge in [0.1, 0.15) is 0 Å². The molecule has 0 aliphatic rings. The molecule has 12 heteroatoms. The fraction of sp³-hybridized carbons (Fsp3) is 0. The van der Waals surface area contributed by atoms with Gasteiger partial charge in [-0.25, -0.2) is 29.9 Å². The van der Waals surface area contributed by atoms with E-state index in [9.17, 15) is 0 Å². The highest BCUT2D eigenvalue weighted by molar-refractivity contribution is 7.26. The lowest BCUT2D eigenvalue weighted by Gasteiger charge is -2.16. The summed E-state index contributed by atoms with van der Waals surface area (Å²) in [4.78, 5) is 42.2. The van der Waals surface area contributed by atoms with E-state index in [1.807, 2.05) is 132 Å². The van der Waals surface area contributed by atoms with Crippen molar-refractivity contribution in [1.82, 2.24) is 49.0 Å². The summed E-state index contributed by atoms with van der Waals surface area (Å²) in [5, 5.41) is 9.64. The molecular weight excluding hydrogens is 1690 g/mol. The highest BCUT2D eigenvalue weighted by Gasteiger charge is 2.27. The Balaban J connectivity index is 0.000000145. The quantitative estimate of drug-likeness (QED) is 0.0940. The molecule has 0 saturated heterocycles. The van der Waals surface area contributed by atoms with Crippen molar-refractivity contribution >= 4 is 107 Å². The lowest BCUT2D eigenvalue weighted by atomic mass is 9.90. The van der Waals surface area contributed by atoms with Gasteiger partial charge in [-0.05, 0) is 159 Å². The minimum atomic E-state index is 0.552. The molecule has 0 atom stereocenters. The number of hydrogen-bond donors (Lipinski definition) is 0. The van der Waals surface area contributed by atoms with Crippen LogP contribution >= 0.6 is 22.7 Å². The summed E-state index contributed by atoms with van der Waals surface area (Å²) in [6.07, 6.45) is 4.02. The Morgan fingerprint density at radius 3 is 0.926 bits per heavy atom. The zero-order chi connectivity index (χ0) is 89.9. The van der Waals surface area contributed by atoms with E-state index >= 15 is 0 Å². The molecule has 0 N–H and O–H groups in total. The monoisotopic (exact) mass is 1770 g/mol. The SMILES string of the molecule is c1ccc(-c2nc(-c3ccccc3)nc(-c3cc(-c4ccc(-c5ccccc5)c(-c5ccccc5)c4)cnc3-c3ccc4sc5cc6c(cc5c4c3)c3ccccc3n6-c3ccccc3)n2)cc1.c1ccc(-c2nc(-c3ccccc3)nc(-c3cc(-c4ccc(-c5ccccc5)c(-c5ccccc5)c4)cnc3-c3cccc4sc5cc6c(cc5c34)c3ccccc3n6-c3ccccc3)n2)cc1. The molecule has 0 aliphatic carbocycles. The maximum Gasteiger partial charge on any atom is 0.166 e. The van der Waals surface area contributed by atoms with Gasteiger partial charge < -0.3 is 9.13 Å². The first-order chi connectivity index (χ1) is 67.4. The number of thiophene rings is 2. The van der Waals surface area contributed by atoms with Crippen molar-refractivity contribution in [3.63, 3.8) is 0 Å². The van der Waals surface area contributed by atoms with Crippen molar-refractivity contribution < 1.29 is 0 Å². The predicted octanol–water partition coefficient (Wildman–Crippen LogP) is 32.8. The fourth-order valence-electron chi connectivity index (χ4n) is 19.4. The Bertz CT molecular complexity index is 8940. The van der Waals surface area contributed by atoms with E-state index in [4.69, 9.17) is 39.9 Å². The second-order valence-electron chi connectivity index (χ2n) is 34.0. The van der Waals surface area contributed by atoms with Gasteiger partial charge in [-0.2, -0.15) is 0 Å². The first-order valence-corrected chi connectivity index (χ1v) is 47.2. The molecule has 0 saturated carbocycles. The summed E-state index contributed by atoms with van der Waals surface area (Å²) in [6.45, 7) is 0. The maximum atomic E-state index is 5.48. The van der Waals surface area contributed by atoms with Crippen molar-refractivity contribution in [3.05, 3.63) is 473 Å². The van der Waals surface area contributed by atoms with E-state index in [1.165, 1.54) is 89.7 Å². The van der Waals surface area contributed by atoms with Crippen LogP contribution in [0.1, 0.15) is 0 Å². The van der Waals surface area contributed by atoms with Crippen LogP contribution in [0.5, 0.6) is 0 Å². The summed E-state index contributed by atoms with van der Waals surface area (Å²) < 4.78 is 9.63. The number of benzene rings is 18. The molecule has 8 aromatic heterocycles. The Hall–Kier alpha value is -17.7. The van der Waals surface area contributed by atoms with E-state index in [1.54, 1.807) is 0 Å². The number of para-hydroxylation sites is 4. The summed E-state index contributed by atoms with van der Waals surface area (Å²) >= 11 is 3.64. The van der Waals surface area contributed by atoms with E-state index in [2.05, 4.69) is 373 Å². The molecule has 0 spiro atoms. The van der Waals surface area contributed by atoms with Crippen LogP contribution in [0.4, 0.5) is 0 Å². The van der Waals surface area contributed by atoms with Gasteiger partial charge in [0, 0.05) is 141 Å². The van der Waals surface area contributed by atoms with Crippen LogP contribution in [0.2, 0.25) is 0 Å². The second kappa shape index (κ2) is 34.6. The third-order valence-electron chi connectivity index (χ3n) is 25.8. The Kier molecular flexibility index (Phi) is 20.4. The molecule has 26 rings (SSSR count). The first-order valence-electron chi connectivity index (χ1n) is 45.6. The zero-order valence-electron chi connectivity index (χ0n) is 73.3. The molecule has 8 heterocycles. The van der Waals surface area contributed by atoms with E-state index < -0.39 is 0 Å². The fourth-order valence-corrected chi connectivity index (χ4v) is 21.6. The molecule has 18 aromatic carbocycles. The molecule has 0 bridgehead atoms. The molecule has 0 unspecified atom stereocenters. The second-order valence-corrected chi connectivity index (χ2v) is 36.2. The molecule has 26 aromatic rings. The molecule has 0 radical (unpaired) electrons. The summed E-state index contributed by atoms with van der Waals surface area (Å²) in [5.41, 5.74) is 29.2. The molecule has 0 aliphatic heterocycles. The van der Waals surface area contributed by atoms with Crippen LogP contribution in [0.25, 0.3) is 253 Å². The molecule has 10 nitrogen and oxygen atoms in total. The van der Waals surface area contributed by atoms with Crippen LogP contribution in [-0.4, -0.2) is 49.0 Å². The van der Waals surface area contributed by atoms with Crippen LogP contribution in [0.3, 0.4) is 0 Å². The summed E-state index contributed by atoms with van der Waals surface area (Å²) in [7, 11) is 0. The van der Waals surface area contributed by atoms with Gasteiger partial charge in [-0.3, -0.25) is 9.97 Å². The molecular formula is C124H78N10S2. The van der Waals surface area contributed by atoms with Gasteiger partial charge in [0.2, 0.25) is 0 Å². The van der Waals surface area contributed by atoms with E-state index in [0.717, 1.165) is 128 Å². The molecule has 136 heavy (non-hydrogen) atoms. The lowest BCUT2D eigenvalue weighted by Crippen LogP contribution is -2.02. The third kappa shape index (κ3) is 14.8. The number of hydrogen-bond acceptors (Lipinski definition) is 10. The number of rotatable bonds is 16. The Morgan fingerprint density at radius 2 is 0.493 bits per heavy atom. The van der Waals surface area contributed by atoms with Gasteiger partial charge in [0.15, 0.2) is 34.9 Å². The number of nitrogens with zero attached hydrogens (tertiary/aromatic N) is 10. The van der Waals surface area contributed by atoms with Crippen molar-refractivity contribution in [2.45, 2.75) is 0 Å².